The van der Waals surface area contributed by atoms with Crippen LogP contribution >= 0.6 is 0 Å². The Labute approximate surface area is 163 Å². The van der Waals surface area contributed by atoms with Crippen molar-refractivity contribution in [3.8, 4) is 11.3 Å². The lowest BCUT2D eigenvalue weighted by molar-refractivity contribution is -0.718. The zero-order valence-corrected chi connectivity index (χ0v) is 17.6. The van der Waals surface area contributed by atoms with Crippen LogP contribution in [0.4, 0.5) is 0 Å². The molecule has 0 radical (unpaired) electrons. The predicted molar refractivity (Wildman–Crippen MR) is 113 cm³/mol. The number of fused-ring (bicyclic) bond motifs is 1. The molecule has 4 rings (SSSR count). The Balaban J connectivity index is 1.83. The van der Waals surface area contributed by atoms with Crippen molar-refractivity contribution >= 4 is 10.9 Å². The molecule has 1 unspecified atom stereocenters. The van der Waals surface area contributed by atoms with E-state index < -0.39 is 0 Å². The second kappa shape index (κ2) is 6.44. The summed E-state index contributed by atoms with van der Waals surface area (Å²) in [6, 6.07) is 13.8. The highest BCUT2D eigenvalue weighted by molar-refractivity contribution is 5.82. The highest BCUT2D eigenvalue weighted by atomic mass is 15.2. The molecule has 140 valence electrons. The van der Waals surface area contributed by atoms with Gasteiger partial charge in [0.2, 0.25) is 5.69 Å². The molecule has 0 saturated heterocycles. The van der Waals surface area contributed by atoms with Crippen LogP contribution in [0.3, 0.4) is 0 Å². The smallest absolute Gasteiger partial charge is 0.0858 e. The lowest BCUT2D eigenvalue weighted by Crippen LogP contribution is -2.35. The SMILES string of the molecule is Cc1cc(C)c(C)c(-c2cc3cc(C4CCC(C)(C)C4)ccc3n[n+]2C)c1. The summed E-state index contributed by atoms with van der Waals surface area (Å²) < 4.78 is 2.03. The van der Waals surface area contributed by atoms with Gasteiger partial charge in [-0.2, -0.15) is 0 Å². The van der Waals surface area contributed by atoms with Gasteiger partial charge in [-0.25, -0.2) is 0 Å². The third kappa shape index (κ3) is 3.38. The zero-order valence-electron chi connectivity index (χ0n) is 17.6. The maximum absolute atomic E-state index is 4.87. The number of hydrogen-bond acceptors (Lipinski definition) is 1. The van der Waals surface area contributed by atoms with Crippen LogP contribution in [0.15, 0.2) is 36.4 Å². The first-order chi connectivity index (χ1) is 12.7. The van der Waals surface area contributed by atoms with E-state index in [1.807, 2.05) is 4.68 Å². The topological polar surface area (TPSA) is 16.8 Å². The molecule has 0 aliphatic heterocycles. The van der Waals surface area contributed by atoms with Gasteiger partial charge in [0.15, 0.2) is 7.05 Å². The van der Waals surface area contributed by atoms with E-state index in [2.05, 4.69) is 78.1 Å². The maximum atomic E-state index is 4.87. The minimum Gasteiger partial charge on any atom is -0.0858 e. The second-order valence-electron chi connectivity index (χ2n) is 9.33. The number of rotatable bonds is 2. The van der Waals surface area contributed by atoms with Crippen molar-refractivity contribution in [3.63, 3.8) is 0 Å². The summed E-state index contributed by atoms with van der Waals surface area (Å²) >= 11 is 0. The van der Waals surface area contributed by atoms with Crippen molar-refractivity contribution in [1.82, 2.24) is 5.10 Å². The summed E-state index contributed by atoms with van der Waals surface area (Å²) in [5, 5.41) is 6.12. The molecule has 3 aromatic rings. The van der Waals surface area contributed by atoms with Gasteiger partial charge in [-0.15, -0.1) is 0 Å². The average molecular weight is 360 g/mol. The number of aryl methyl sites for hydroxylation is 3. The monoisotopic (exact) mass is 359 g/mol. The number of nitrogens with zero attached hydrogens (tertiary/aromatic N) is 2. The van der Waals surface area contributed by atoms with E-state index in [0.29, 0.717) is 11.3 Å². The van der Waals surface area contributed by atoms with E-state index in [4.69, 9.17) is 5.10 Å². The van der Waals surface area contributed by atoms with Gasteiger partial charge < -0.3 is 0 Å². The Bertz CT molecular complexity index is 1030. The fourth-order valence-corrected chi connectivity index (χ4v) is 4.77. The zero-order chi connectivity index (χ0) is 19.3. The highest BCUT2D eigenvalue weighted by Gasteiger charge is 2.31. The Morgan fingerprint density at radius 2 is 1.81 bits per heavy atom. The molecule has 0 amide bonds. The molecule has 2 nitrogen and oxygen atoms in total. The molecule has 0 bridgehead atoms. The van der Waals surface area contributed by atoms with Gasteiger partial charge in [0.25, 0.3) is 0 Å². The van der Waals surface area contributed by atoms with Gasteiger partial charge in [0, 0.05) is 16.6 Å². The Kier molecular flexibility index (Phi) is 4.33. The highest BCUT2D eigenvalue weighted by Crippen LogP contribution is 2.46. The van der Waals surface area contributed by atoms with Crippen LogP contribution in [0.1, 0.15) is 61.3 Å². The third-order valence-electron chi connectivity index (χ3n) is 6.48. The minimum atomic E-state index is 0.475. The molecule has 0 spiro atoms. The van der Waals surface area contributed by atoms with Crippen LogP contribution in [0.2, 0.25) is 0 Å². The summed E-state index contributed by atoms with van der Waals surface area (Å²) in [7, 11) is 2.05. The van der Waals surface area contributed by atoms with E-state index in [0.717, 1.165) is 5.52 Å². The van der Waals surface area contributed by atoms with Crippen molar-refractivity contribution in [2.75, 3.05) is 0 Å². The second-order valence-corrected chi connectivity index (χ2v) is 9.33. The summed E-state index contributed by atoms with van der Waals surface area (Å²) in [6.45, 7) is 11.4. The quantitative estimate of drug-likeness (QED) is 0.517. The molecule has 0 N–H and O–H groups in total. The van der Waals surface area contributed by atoms with Crippen LogP contribution in [0.5, 0.6) is 0 Å². The summed E-state index contributed by atoms with van der Waals surface area (Å²) in [5.74, 6) is 0.685. The van der Waals surface area contributed by atoms with Crippen molar-refractivity contribution in [2.24, 2.45) is 12.5 Å². The molecular weight excluding hydrogens is 328 g/mol. The number of aromatic nitrogens is 2. The minimum absolute atomic E-state index is 0.475. The molecule has 1 saturated carbocycles. The van der Waals surface area contributed by atoms with E-state index in [9.17, 15) is 0 Å². The Morgan fingerprint density at radius 1 is 1.04 bits per heavy atom. The van der Waals surface area contributed by atoms with Crippen LogP contribution in [0.25, 0.3) is 22.2 Å². The Morgan fingerprint density at radius 3 is 2.52 bits per heavy atom. The molecule has 1 fully saturated rings. The maximum Gasteiger partial charge on any atom is 0.239 e. The standard InChI is InChI=1S/C25H31N2/c1-16-11-17(2)18(3)22(12-16)24-14-21-13-19(7-8-23(21)26-27(24)6)20-9-10-25(4,5)15-20/h7-8,11-14,20H,9-10,15H2,1-6H3/q+1. The molecule has 1 aromatic heterocycles. The Hall–Kier alpha value is -2.22. The molecule has 2 aromatic carbocycles. The largest absolute Gasteiger partial charge is 0.239 e. The fourth-order valence-electron chi connectivity index (χ4n) is 4.77. The third-order valence-corrected chi connectivity index (χ3v) is 6.48. The van der Waals surface area contributed by atoms with Crippen LogP contribution in [-0.2, 0) is 7.05 Å². The summed E-state index contributed by atoms with van der Waals surface area (Å²) in [4.78, 5) is 0. The summed E-state index contributed by atoms with van der Waals surface area (Å²) in [6.07, 6.45) is 3.91. The van der Waals surface area contributed by atoms with Crippen LogP contribution in [0, 0.1) is 26.2 Å². The number of hydrogen-bond donors (Lipinski definition) is 0. The molecule has 27 heavy (non-hydrogen) atoms. The number of benzene rings is 2. The van der Waals surface area contributed by atoms with E-state index in [1.54, 1.807) is 0 Å². The average Bonchev–Trinajstić information content (AvgIpc) is 2.97. The molecule has 2 heteroatoms. The molecule has 1 heterocycles. The van der Waals surface area contributed by atoms with Gasteiger partial charge >= 0.3 is 0 Å². The van der Waals surface area contributed by atoms with Gasteiger partial charge in [-0.05, 0) is 86.3 Å². The molecule has 1 aliphatic rings. The first kappa shape index (κ1) is 18.2. The van der Waals surface area contributed by atoms with Crippen molar-refractivity contribution in [2.45, 2.75) is 59.8 Å². The van der Waals surface area contributed by atoms with Gasteiger partial charge in [-0.3, -0.25) is 0 Å². The first-order valence-corrected chi connectivity index (χ1v) is 10.1. The van der Waals surface area contributed by atoms with E-state index in [-0.39, 0.29) is 0 Å². The van der Waals surface area contributed by atoms with Gasteiger partial charge in [0.1, 0.15) is 5.52 Å². The van der Waals surface area contributed by atoms with E-state index >= 15 is 0 Å². The normalized spacial score (nSPS) is 19.0. The molecule has 1 atom stereocenters. The first-order valence-electron chi connectivity index (χ1n) is 10.1. The molecular formula is C25H31N2+. The van der Waals surface area contributed by atoms with Gasteiger partial charge in [-0.1, -0.05) is 36.2 Å². The van der Waals surface area contributed by atoms with Gasteiger partial charge in [0.05, 0.1) is 5.56 Å². The summed E-state index contributed by atoms with van der Waals surface area (Å²) in [5.41, 5.74) is 9.49. The lowest BCUT2D eigenvalue weighted by Gasteiger charge is -2.17. The fraction of sp³-hybridized carbons (Fsp3) is 0.440. The van der Waals surface area contributed by atoms with Crippen LogP contribution < -0.4 is 4.68 Å². The lowest BCUT2D eigenvalue weighted by atomic mass is 9.88. The van der Waals surface area contributed by atoms with Crippen LogP contribution in [-0.4, -0.2) is 5.10 Å². The van der Waals surface area contributed by atoms with Crippen molar-refractivity contribution < 1.29 is 4.68 Å². The van der Waals surface area contributed by atoms with Crippen molar-refractivity contribution in [3.05, 3.63) is 58.7 Å². The molecule has 1 aliphatic carbocycles. The van der Waals surface area contributed by atoms with Crippen molar-refractivity contribution in [1.29, 1.82) is 0 Å². The van der Waals surface area contributed by atoms with E-state index in [1.165, 1.54) is 58.2 Å². The predicted octanol–water partition coefficient (Wildman–Crippen LogP) is 5.95.